The first-order valence-electron chi connectivity index (χ1n) is 27.0. The van der Waals surface area contributed by atoms with E-state index in [4.69, 9.17) is 11.5 Å². The lowest BCUT2D eigenvalue weighted by Crippen LogP contribution is -2.61. The molecule has 3 heterocycles. The molecule has 2 aliphatic heterocycles. The fourth-order valence-corrected chi connectivity index (χ4v) is 9.42. The highest BCUT2D eigenvalue weighted by Gasteiger charge is 2.65. The van der Waals surface area contributed by atoms with E-state index in [1.165, 1.54) is 60.9 Å². The van der Waals surface area contributed by atoms with Crippen molar-refractivity contribution >= 4 is 53.3 Å². The van der Waals surface area contributed by atoms with E-state index in [0.717, 1.165) is 12.1 Å². The van der Waals surface area contributed by atoms with Crippen LogP contribution in [0.5, 0.6) is 5.75 Å². The number of hydrogen-bond donors (Lipinski definition) is 12. The zero-order chi connectivity index (χ0) is 60.4. The normalized spacial score (nSPS) is 16.8. The van der Waals surface area contributed by atoms with Crippen LogP contribution in [0.15, 0.2) is 107 Å². The van der Waals surface area contributed by atoms with E-state index in [1.54, 1.807) is 44.2 Å². The number of guanidine groups is 1. The van der Waals surface area contributed by atoms with Gasteiger partial charge in [0, 0.05) is 56.2 Å². The number of imidazole rings is 1. The number of aromatic nitrogens is 2. The van der Waals surface area contributed by atoms with Gasteiger partial charge in [0.2, 0.25) is 41.4 Å². The number of aromatic amines is 1. The number of phenolic OH excluding ortho intramolecular Hbond substituents is 1. The van der Waals surface area contributed by atoms with Gasteiger partial charge in [-0.05, 0) is 67.5 Å². The summed E-state index contributed by atoms with van der Waals surface area (Å²) in [7, 11) is 1.51. The van der Waals surface area contributed by atoms with Crippen LogP contribution in [0.4, 0.5) is 13.2 Å². The number of nitrogens with two attached hydrogens (primary N) is 2. The van der Waals surface area contributed by atoms with Gasteiger partial charge in [-0.3, -0.25) is 38.6 Å². The third kappa shape index (κ3) is 17.8. The second kappa shape index (κ2) is 29.2. The van der Waals surface area contributed by atoms with E-state index < -0.39 is 107 Å². The lowest BCUT2D eigenvalue weighted by atomic mass is 9.96. The van der Waals surface area contributed by atoms with E-state index >= 15 is 0 Å². The summed E-state index contributed by atoms with van der Waals surface area (Å²) in [5.41, 5.74) is 9.64. The van der Waals surface area contributed by atoms with E-state index in [-0.39, 0.29) is 87.4 Å². The Labute approximate surface area is 475 Å². The highest BCUT2D eigenvalue weighted by atomic mass is 19.4. The van der Waals surface area contributed by atoms with Gasteiger partial charge in [-0.15, -0.1) is 10.2 Å². The van der Waals surface area contributed by atoms with Crippen LogP contribution in [0.2, 0.25) is 0 Å². The predicted octanol–water partition coefficient (Wildman–Crippen LogP) is 0.870. The fraction of sp³-hybridized carbons (Fsp3) is 0.455. The topological polar surface area (TPSA) is 382 Å². The number of aliphatic imine (C=N–C) groups is 1. The largest absolute Gasteiger partial charge is 0.508 e. The van der Waals surface area contributed by atoms with Crippen molar-refractivity contribution in [2.45, 2.75) is 126 Å². The van der Waals surface area contributed by atoms with Gasteiger partial charge in [0.15, 0.2) is 5.96 Å². The van der Waals surface area contributed by atoms with Crippen molar-refractivity contribution in [3.8, 4) is 5.75 Å². The van der Waals surface area contributed by atoms with Crippen molar-refractivity contribution in [2.75, 3.05) is 26.7 Å². The van der Waals surface area contributed by atoms with Crippen molar-refractivity contribution in [2.24, 2.45) is 32.6 Å². The average Bonchev–Trinajstić information content (AvgIpc) is 4.00. The molecule has 3 aromatic carbocycles. The van der Waals surface area contributed by atoms with Gasteiger partial charge in [0.25, 0.3) is 0 Å². The number of likely N-dealkylation sites (tertiary alicyclic amines) is 1. The number of nitrogens with one attached hydrogen (secondary N) is 8. The fourth-order valence-electron chi connectivity index (χ4n) is 9.42. The first-order chi connectivity index (χ1) is 39.5. The van der Waals surface area contributed by atoms with Crippen LogP contribution in [-0.4, -0.2) is 154 Å². The van der Waals surface area contributed by atoms with Gasteiger partial charge in [0.1, 0.15) is 48.0 Å². The number of carboxylic acids is 1. The molecule has 14 N–H and O–H groups in total. The molecule has 1 aromatic heterocycles. The van der Waals surface area contributed by atoms with Crippen LogP contribution in [0, 0.1) is 5.92 Å². The van der Waals surface area contributed by atoms with Crippen LogP contribution in [-0.2, 0) is 69.7 Å². The molecule has 83 heavy (non-hydrogen) atoms. The number of carbonyl (C=O) groups is 8. The molecule has 0 aliphatic carbocycles. The second-order valence-corrected chi connectivity index (χ2v) is 20.4. The third-order valence-electron chi connectivity index (χ3n) is 14.2. The van der Waals surface area contributed by atoms with Crippen molar-refractivity contribution < 1.29 is 61.7 Å². The number of H-pyrrole nitrogens is 1. The Balaban J connectivity index is 1.27. The van der Waals surface area contributed by atoms with E-state index in [9.17, 15) is 61.7 Å². The number of halogens is 3. The molecule has 0 spiro atoms. The summed E-state index contributed by atoms with van der Waals surface area (Å²) < 4.78 is 41.9. The Hall–Kier alpha value is -8.95. The SMILES string of the molecule is CC[C@H](C)[C@H](NC(=O)[C@H](Cc1ccc(O)cc1)NC(=O)[C@H](Cc1ccc(C2(C(F)(F)F)N=N2)cc1)NC(=O)[C@H](CCCN=C(N)N)NC(=O)CNC)C(=O)N[C@@H](Cc1cnc[nH]1)C(=O)N1CCC[C@H]1C(=O)N[C@@H](Cc1ccccc1)C(=O)O. The molecular weight excluding hydrogens is 1090 g/mol. The average molecular weight is 1160 g/mol. The minimum Gasteiger partial charge on any atom is -0.508 e. The molecule has 4 aromatic rings. The van der Waals surface area contributed by atoms with Crippen molar-refractivity contribution in [3.63, 3.8) is 0 Å². The Morgan fingerprint density at radius 1 is 0.759 bits per heavy atom. The van der Waals surface area contributed by atoms with Crippen molar-refractivity contribution in [1.82, 2.24) is 52.1 Å². The van der Waals surface area contributed by atoms with Crippen LogP contribution in [0.25, 0.3) is 0 Å². The van der Waals surface area contributed by atoms with E-state index in [1.807, 2.05) is 0 Å². The summed E-state index contributed by atoms with van der Waals surface area (Å²) in [6, 6.07) is 9.59. The quantitative estimate of drug-likeness (QED) is 0.0196. The minimum absolute atomic E-state index is 0.0244. The standard InChI is InChI=1S/C55H70F3N15O10/c1-4-31(2)45(50(80)68-41(27-36-28-62-30-64-36)51(81)73-23-9-13-43(73)49(79)69-42(52(82)83)26-32-10-6-5-7-11-32)70-48(78)40(25-34-16-20-37(74)21-17-34)67-47(77)39(24-33-14-18-35(19-15-33)54(71-72-54)55(56,57)58)66-46(76)38(65-44(75)29-61-3)12-8-22-63-53(59)60/h5-7,10-11,14-21,28,30-31,38-43,45,61,74H,4,8-9,12-13,22-27,29H2,1-3H3,(H,62,64)(H,65,75)(H,66,76)(H,67,77)(H,68,80)(H,69,79)(H,70,78)(H,82,83)(H4,59,60,63)/t31-,38-,39-,40-,41-,42-,43-,45-/m0/s1. The Kier molecular flexibility index (Phi) is 22.2. The number of nitrogens with zero attached hydrogens (tertiary/aromatic N) is 5. The molecule has 0 unspecified atom stereocenters. The number of aliphatic carboxylic acids is 1. The van der Waals surface area contributed by atoms with Gasteiger partial charge >= 0.3 is 17.8 Å². The first-order valence-corrected chi connectivity index (χ1v) is 27.0. The van der Waals surface area contributed by atoms with E-state index in [0.29, 0.717) is 29.7 Å². The van der Waals surface area contributed by atoms with Gasteiger partial charge in [0.05, 0.1) is 12.9 Å². The number of hydrogen-bond acceptors (Lipinski definition) is 14. The molecule has 28 heteroatoms. The maximum absolute atomic E-state index is 14.8. The summed E-state index contributed by atoms with van der Waals surface area (Å²) in [4.78, 5) is 124. The van der Waals surface area contributed by atoms with E-state index in [2.05, 4.69) is 62.4 Å². The molecule has 8 atom stereocenters. The Morgan fingerprint density at radius 3 is 1.89 bits per heavy atom. The summed E-state index contributed by atoms with van der Waals surface area (Å²) in [5, 5.41) is 45.4. The lowest BCUT2D eigenvalue weighted by Gasteiger charge is -2.32. The van der Waals surface area contributed by atoms with Gasteiger partial charge < -0.3 is 68.8 Å². The number of aromatic hydroxyl groups is 1. The highest BCUT2D eigenvalue weighted by molar-refractivity contribution is 5.98. The van der Waals surface area contributed by atoms with Crippen molar-refractivity contribution in [3.05, 3.63) is 119 Å². The van der Waals surface area contributed by atoms with Crippen LogP contribution < -0.4 is 48.7 Å². The number of rotatable bonds is 30. The van der Waals surface area contributed by atoms with Gasteiger partial charge in [-0.2, -0.15) is 13.2 Å². The van der Waals surface area contributed by atoms with Crippen molar-refractivity contribution in [1.29, 1.82) is 0 Å². The first kappa shape index (κ1) is 63.2. The number of amides is 7. The van der Waals surface area contributed by atoms with Crippen LogP contribution in [0.3, 0.4) is 0 Å². The third-order valence-corrected chi connectivity index (χ3v) is 14.2. The number of phenols is 1. The van der Waals surface area contributed by atoms with Crippen LogP contribution >= 0.6 is 0 Å². The maximum atomic E-state index is 14.8. The minimum atomic E-state index is -4.84. The molecule has 25 nitrogen and oxygen atoms in total. The van der Waals surface area contributed by atoms with Crippen LogP contribution in [0.1, 0.15) is 73.9 Å². The Morgan fingerprint density at radius 2 is 1.34 bits per heavy atom. The number of alkyl halides is 3. The molecule has 0 radical (unpaired) electrons. The number of carboxylic acid groups (broad SMARTS) is 1. The number of carbonyl (C=O) groups excluding carboxylic acids is 7. The highest BCUT2D eigenvalue weighted by Crippen LogP contribution is 2.52. The second-order valence-electron chi connectivity index (χ2n) is 20.4. The smallest absolute Gasteiger partial charge is 0.442 e. The summed E-state index contributed by atoms with van der Waals surface area (Å²) in [6.45, 7) is 3.39. The number of likely N-dealkylation sites (N-methyl/N-ethyl adjacent to an activating group) is 1. The predicted molar refractivity (Wildman–Crippen MR) is 294 cm³/mol. The zero-order valence-corrected chi connectivity index (χ0v) is 45.9. The summed E-state index contributed by atoms with van der Waals surface area (Å²) >= 11 is 0. The molecule has 446 valence electrons. The maximum Gasteiger partial charge on any atom is 0.442 e. The molecule has 0 bridgehead atoms. The molecule has 1 saturated heterocycles. The summed E-state index contributed by atoms with van der Waals surface area (Å²) in [5.74, 6) is -7.79. The van der Waals surface area contributed by atoms with Gasteiger partial charge in [-0.1, -0.05) is 87.0 Å². The molecule has 0 saturated carbocycles. The molecule has 1 fully saturated rings. The summed E-state index contributed by atoms with van der Waals surface area (Å²) in [6.07, 6.45) is -1.81. The molecule has 2 aliphatic rings. The molecular formula is C55H70F3N15O10. The Bertz CT molecular complexity index is 2940. The molecule has 7 amide bonds. The number of benzene rings is 3. The molecule has 6 rings (SSSR count). The monoisotopic (exact) mass is 1160 g/mol. The van der Waals surface area contributed by atoms with Gasteiger partial charge in [-0.25, -0.2) is 9.78 Å². The zero-order valence-electron chi connectivity index (χ0n) is 45.9. The lowest BCUT2D eigenvalue weighted by molar-refractivity contribution is -0.166.